The molecule has 3 heterocycles. The summed E-state index contributed by atoms with van der Waals surface area (Å²) in [6, 6.07) is 11.0. The van der Waals surface area contributed by atoms with Crippen LogP contribution in [0.4, 0.5) is 5.95 Å². The molecule has 28 heavy (non-hydrogen) atoms. The number of hydrogen-bond donors (Lipinski definition) is 2. The third-order valence-electron chi connectivity index (χ3n) is 4.71. The molecular formula is C19H19N5O4. The van der Waals surface area contributed by atoms with Crippen molar-refractivity contribution in [3.8, 4) is 17.3 Å². The molecule has 0 aliphatic carbocycles. The van der Waals surface area contributed by atoms with Crippen molar-refractivity contribution in [1.29, 1.82) is 5.26 Å². The van der Waals surface area contributed by atoms with Crippen LogP contribution in [0.25, 0.3) is 11.3 Å². The first kappa shape index (κ1) is 18.3. The summed E-state index contributed by atoms with van der Waals surface area (Å²) in [5.41, 5.74) is 7.24. The molecular weight excluding hydrogens is 362 g/mol. The van der Waals surface area contributed by atoms with E-state index in [9.17, 15) is 4.79 Å². The number of fused-ring (bicyclic) bond motifs is 1. The second kappa shape index (κ2) is 7.90. The Labute approximate surface area is 161 Å². The number of primary amides is 1. The maximum atomic E-state index is 10.9. The summed E-state index contributed by atoms with van der Waals surface area (Å²) in [4.78, 5) is 19.7. The quantitative estimate of drug-likeness (QED) is 0.738. The van der Waals surface area contributed by atoms with E-state index >= 15 is 0 Å². The number of benzene rings is 1. The minimum absolute atomic E-state index is 0.145. The van der Waals surface area contributed by atoms with Crippen molar-refractivity contribution in [2.45, 2.75) is 24.4 Å². The smallest absolute Gasteiger partial charge is 0.243 e. The first-order valence-corrected chi connectivity index (χ1v) is 8.87. The van der Waals surface area contributed by atoms with Crippen LogP contribution in [-0.4, -0.2) is 60.0 Å². The molecule has 2 saturated heterocycles. The van der Waals surface area contributed by atoms with Gasteiger partial charge in [-0.15, -0.1) is 0 Å². The topological polar surface area (TPSA) is 132 Å². The van der Waals surface area contributed by atoms with Crippen molar-refractivity contribution in [1.82, 2.24) is 9.97 Å². The van der Waals surface area contributed by atoms with Gasteiger partial charge in [0.15, 0.2) is 0 Å². The van der Waals surface area contributed by atoms with E-state index in [4.69, 9.17) is 25.2 Å². The number of anilines is 1. The largest absolute Gasteiger partial charge is 0.370 e. The van der Waals surface area contributed by atoms with Gasteiger partial charge in [-0.05, 0) is 18.2 Å². The number of carbonyl (C=O) groups excluding carboxylic acids is 1. The average Bonchev–Trinajstić information content (AvgIpc) is 3.30. The molecule has 9 heteroatoms. The number of hydrogen-bond acceptors (Lipinski definition) is 8. The van der Waals surface area contributed by atoms with Crippen LogP contribution >= 0.6 is 0 Å². The van der Waals surface area contributed by atoms with E-state index in [1.807, 2.05) is 12.1 Å². The van der Waals surface area contributed by atoms with Crippen molar-refractivity contribution in [2.75, 3.05) is 25.1 Å². The fourth-order valence-corrected chi connectivity index (χ4v) is 3.42. The molecule has 4 unspecified atom stereocenters. The molecule has 144 valence electrons. The number of aromatic nitrogens is 2. The Balaban J connectivity index is 1.44. The maximum Gasteiger partial charge on any atom is 0.243 e. The van der Waals surface area contributed by atoms with Crippen LogP contribution in [0.15, 0.2) is 36.5 Å². The highest BCUT2D eigenvalue weighted by atomic mass is 16.6. The molecule has 3 N–H and O–H groups in total. The highest BCUT2D eigenvalue weighted by Crippen LogP contribution is 2.30. The molecule has 0 bridgehead atoms. The van der Waals surface area contributed by atoms with E-state index in [-0.39, 0.29) is 31.0 Å². The fourth-order valence-electron chi connectivity index (χ4n) is 3.42. The lowest BCUT2D eigenvalue weighted by Gasteiger charge is -2.18. The van der Waals surface area contributed by atoms with Crippen molar-refractivity contribution >= 4 is 11.9 Å². The number of nitriles is 1. The van der Waals surface area contributed by atoms with E-state index in [1.165, 1.54) is 0 Å². The molecule has 2 fully saturated rings. The van der Waals surface area contributed by atoms with Gasteiger partial charge in [0, 0.05) is 11.8 Å². The van der Waals surface area contributed by atoms with E-state index in [0.717, 1.165) is 5.56 Å². The van der Waals surface area contributed by atoms with Crippen LogP contribution in [0.2, 0.25) is 0 Å². The van der Waals surface area contributed by atoms with E-state index in [0.29, 0.717) is 30.4 Å². The minimum Gasteiger partial charge on any atom is -0.370 e. The molecule has 2 aliphatic rings. The van der Waals surface area contributed by atoms with E-state index < -0.39 is 5.91 Å². The van der Waals surface area contributed by atoms with Crippen molar-refractivity contribution in [3.63, 3.8) is 0 Å². The number of nitrogens with two attached hydrogens (primary N) is 1. The number of nitrogens with one attached hydrogen (secondary N) is 1. The Hall–Kier alpha value is -3.06. The summed E-state index contributed by atoms with van der Waals surface area (Å²) in [7, 11) is 0. The van der Waals surface area contributed by atoms with Gasteiger partial charge in [-0.25, -0.2) is 9.97 Å². The predicted molar refractivity (Wildman–Crippen MR) is 98.0 cm³/mol. The lowest BCUT2D eigenvalue weighted by Crippen LogP contribution is -2.37. The molecule has 0 saturated carbocycles. The second-order valence-electron chi connectivity index (χ2n) is 6.62. The highest BCUT2D eigenvalue weighted by Gasteiger charge is 2.48. The molecule has 1 aromatic heterocycles. The highest BCUT2D eigenvalue weighted by molar-refractivity contribution is 5.75. The second-order valence-corrected chi connectivity index (χ2v) is 6.62. The van der Waals surface area contributed by atoms with Gasteiger partial charge in [0.25, 0.3) is 0 Å². The first-order chi connectivity index (χ1) is 13.6. The molecule has 1 aromatic carbocycles. The van der Waals surface area contributed by atoms with Crippen LogP contribution in [0.5, 0.6) is 0 Å². The van der Waals surface area contributed by atoms with Crippen LogP contribution in [0, 0.1) is 11.3 Å². The molecule has 0 spiro atoms. The van der Waals surface area contributed by atoms with Crippen LogP contribution < -0.4 is 11.1 Å². The Morgan fingerprint density at radius 2 is 2.18 bits per heavy atom. The molecule has 1 amide bonds. The lowest BCUT2D eigenvalue weighted by molar-refractivity contribution is -0.126. The Morgan fingerprint density at radius 1 is 1.32 bits per heavy atom. The van der Waals surface area contributed by atoms with Gasteiger partial charge in [0.05, 0.1) is 36.6 Å². The van der Waals surface area contributed by atoms with Gasteiger partial charge in [-0.1, -0.05) is 12.1 Å². The molecule has 4 atom stereocenters. The van der Waals surface area contributed by atoms with Crippen molar-refractivity contribution < 1.29 is 19.0 Å². The van der Waals surface area contributed by atoms with Crippen molar-refractivity contribution in [3.05, 3.63) is 42.1 Å². The van der Waals surface area contributed by atoms with Gasteiger partial charge in [0.1, 0.15) is 24.9 Å². The Kier molecular flexibility index (Phi) is 5.16. The monoisotopic (exact) mass is 381 g/mol. The van der Waals surface area contributed by atoms with Gasteiger partial charge in [0.2, 0.25) is 11.9 Å². The SMILES string of the molecule is N#Cc1cccc(-c2ccnc(NC3COC4C(OCC(N)=O)COC34)n2)c1. The van der Waals surface area contributed by atoms with E-state index in [1.54, 1.807) is 24.4 Å². The number of ether oxygens (including phenoxy) is 3. The normalized spacial score (nSPS) is 25.8. The molecule has 4 rings (SSSR count). The molecule has 2 aromatic rings. The average molecular weight is 381 g/mol. The molecule has 0 radical (unpaired) electrons. The summed E-state index contributed by atoms with van der Waals surface area (Å²) in [5, 5.41) is 12.3. The van der Waals surface area contributed by atoms with Crippen LogP contribution in [0.1, 0.15) is 5.56 Å². The standard InChI is InChI=1S/C19H19N5O4/c20-7-11-2-1-3-12(6-11)13-4-5-22-19(23-13)24-14-8-27-18-15(9-28-17(14)18)26-10-16(21)25/h1-6,14-15,17-18H,8-10H2,(H2,21,25)(H,22,23,24). The fraction of sp³-hybridized carbons (Fsp3) is 0.368. The van der Waals surface area contributed by atoms with Crippen LogP contribution in [0.3, 0.4) is 0 Å². The summed E-state index contributed by atoms with van der Waals surface area (Å²) >= 11 is 0. The van der Waals surface area contributed by atoms with Gasteiger partial charge < -0.3 is 25.3 Å². The summed E-state index contributed by atoms with van der Waals surface area (Å²) in [5.74, 6) is -0.0824. The van der Waals surface area contributed by atoms with Gasteiger partial charge in [-0.3, -0.25) is 4.79 Å². The maximum absolute atomic E-state index is 10.9. The summed E-state index contributed by atoms with van der Waals surface area (Å²) in [6.45, 7) is 0.581. The third kappa shape index (κ3) is 3.80. The zero-order valence-electron chi connectivity index (χ0n) is 14.9. The predicted octanol–water partition coefficient (Wildman–Crippen LogP) is 0.464. The lowest BCUT2D eigenvalue weighted by atomic mass is 10.1. The minimum atomic E-state index is -0.526. The number of rotatable bonds is 6. The third-order valence-corrected chi connectivity index (χ3v) is 4.71. The Bertz CT molecular complexity index is 915. The Morgan fingerprint density at radius 3 is 3.00 bits per heavy atom. The van der Waals surface area contributed by atoms with Gasteiger partial charge >= 0.3 is 0 Å². The number of nitrogens with zero attached hydrogens (tertiary/aromatic N) is 3. The van der Waals surface area contributed by atoms with Gasteiger partial charge in [-0.2, -0.15) is 5.26 Å². The number of carbonyl (C=O) groups is 1. The van der Waals surface area contributed by atoms with E-state index in [2.05, 4.69) is 21.4 Å². The van der Waals surface area contributed by atoms with Crippen molar-refractivity contribution in [2.24, 2.45) is 5.73 Å². The zero-order chi connectivity index (χ0) is 19.5. The molecule has 2 aliphatic heterocycles. The first-order valence-electron chi connectivity index (χ1n) is 8.87. The van der Waals surface area contributed by atoms with Crippen LogP contribution in [-0.2, 0) is 19.0 Å². The summed E-state index contributed by atoms with van der Waals surface area (Å²) in [6.07, 6.45) is 0.829. The summed E-state index contributed by atoms with van der Waals surface area (Å²) < 4.78 is 17.1. The number of amides is 1. The zero-order valence-corrected chi connectivity index (χ0v) is 14.9. The molecule has 9 nitrogen and oxygen atoms in total.